The highest BCUT2D eigenvalue weighted by molar-refractivity contribution is 5.81. The molecule has 4 N–H and O–H groups in total. The molecule has 1 atom stereocenters. The van der Waals surface area contributed by atoms with Gasteiger partial charge in [0.2, 0.25) is 12.2 Å². The quantitative estimate of drug-likeness (QED) is 0.139. The van der Waals surface area contributed by atoms with Crippen LogP contribution in [0.3, 0.4) is 0 Å². The van der Waals surface area contributed by atoms with Gasteiger partial charge in [-0.1, -0.05) is 73.7 Å². The van der Waals surface area contributed by atoms with E-state index < -0.39 is 18.1 Å². The van der Waals surface area contributed by atoms with Crippen molar-refractivity contribution in [3.63, 3.8) is 0 Å². The molecule has 3 aromatic carbocycles. The number of aliphatic hydroxyl groups is 1. The zero-order valence-electron chi connectivity index (χ0n) is 22.7. The van der Waals surface area contributed by atoms with Gasteiger partial charge in [0.15, 0.2) is 0 Å². The molecular weight excluding hydrogens is 545 g/mol. The predicted octanol–water partition coefficient (Wildman–Crippen LogP) is 6.16. The van der Waals surface area contributed by atoms with Crippen LogP contribution in [0.4, 0.5) is 30.4 Å². The molecule has 0 aliphatic heterocycles. The lowest BCUT2D eigenvalue weighted by molar-refractivity contribution is -0.137. The van der Waals surface area contributed by atoms with Crippen LogP contribution >= 0.6 is 0 Å². The standard InChI is InChI=1S/C30H29F3N8O/c1-2-16-41(19-20-10-4-3-5-11-20)27-18-21(34-29(42)36-25-15-9-8-14-24(25)30(31,32)33)17-26(35-27)22-12-6-7-13-23(22)28-37-39-40-38-28/h3-15,17-18,29,36,42H,2,16,19H2,1H3,(H,34,35)(H,37,38,39,40). The van der Waals surface area contributed by atoms with Crippen molar-refractivity contribution in [2.45, 2.75) is 32.4 Å². The number of hydrogen-bond donors (Lipinski definition) is 4. The van der Waals surface area contributed by atoms with Crippen LogP contribution in [0.5, 0.6) is 0 Å². The second kappa shape index (κ2) is 12.7. The van der Waals surface area contributed by atoms with E-state index in [-0.39, 0.29) is 5.69 Å². The molecule has 0 amide bonds. The summed E-state index contributed by atoms with van der Waals surface area (Å²) in [6.07, 6.45) is -5.28. The van der Waals surface area contributed by atoms with Gasteiger partial charge in [0.1, 0.15) is 5.82 Å². The summed E-state index contributed by atoms with van der Waals surface area (Å²) in [4.78, 5) is 7.09. The Morgan fingerprint density at radius 2 is 1.62 bits per heavy atom. The highest BCUT2D eigenvalue weighted by atomic mass is 19.4. The smallest absolute Gasteiger partial charge is 0.357 e. The van der Waals surface area contributed by atoms with Gasteiger partial charge in [0.25, 0.3) is 0 Å². The van der Waals surface area contributed by atoms with Crippen molar-refractivity contribution >= 4 is 17.2 Å². The first-order valence-corrected chi connectivity index (χ1v) is 13.3. The summed E-state index contributed by atoms with van der Waals surface area (Å²) in [7, 11) is 0. The second-order valence-electron chi connectivity index (χ2n) is 9.52. The molecule has 0 aliphatic rings. The number of para-hydroxylation sites is 1. The van der Waals surface area contributed by atoms with Crippen molar-refractivity contribution in [3.05, 3.63) is 102 Å². The van der Waals surface area contributed by atoms with E-state index in [4.69, 9.17) is 4.98 Å². The van der Waals surface area contributed by atoms with Gasteiger partial charge in [-0.15, -0.1) is 10.2 Å². The molecule has 1 unspecified atom stereocenters. The molecule has 0 bridgehead atoms. The molecule has 2 heterocycles. The zero-order chi connectivity index (χ0) is 29.5. The Morgan fingerprint density at radius 3 is 2.33 bits per heavy atom. The maximum absolute atomic E-state index is 13.5. The van der Waals surface area contributed by atoms with Crippen LogP contribution in [0.1, 0.15) is 24.5 Å². The monoisotopic (exact) mass is 574 g/mol. The van der Waals surface area contributed by atoms with Gasteiger partial charge < -0.3 is 20.6 Å². The molecule has 42 heavy (non-hydrogen) atoms. The fraction of sp³-hybridized carbons (Fsp3) is 0.200. The minimum Gasteiger partial charge on any atom is -0.357 e. The molecule has 0 aliphatic carbocycles. The number of halogens is 3. The number of pyridine rings is 1. The van der Waals surface area contributed by atoms with Gasteiger partial charge in [-0.2, -0.15) is 18.4 Å². The van der Waals surface area contributed by atoms with Crippen molar-refractivity contribution < 1.29 is 18.3 Å². The van der Waals surface area contributed by atoms with Gasteiger partial charge in [0.05, 0.1) is 11.3 Å². The Labute approximate surface area is 240 Å². The number of nitrogens with zero attached hydrogens (tertiary/aromatic N) is 5. The van der Waals surface area contributed by atoms with E-state index in [1.54, 1.807) is 12.1 Å². The lowest BCUT2D eigenvalue weighted by atomic mass is 10.0. The van der Waals surface area contributed by atoms with Crippen molar-refractivity contribution in [2.75, 3.05) is 22.1 Å². The van der Waals surface area contributed by atoms with Crippen LogP contribution in [-0.4, -0.2) is 43.6 Å². The number of H-pyrrole nitrogens is 1. The average molecular weight is 575 g/mol. The Bertz CT molecular complexity index is 1600. The fourth-order valence-electron chi connectivity index (χ4n) is 4.62. The van der Waals surface area contributed by atoms with E-state index in [1.165, 1.54) is 18.2 Å². The molecule has 5 aromatic rings. The summed E-state index contributed by atoms with van der Waals surface area (Å²) in [5.74, 6) is 0.999. The number of aromatic amines is 1. The topological polar surface area (TPSA) is 115 Å². The van der Waals surface area contributed by atoms with E-state index in [0.29, 0.717) is 47.2 Å². The number of aromatic nitrogens is 5. The molecule has 0 radical (unpaired) electrons. The van der Waals surface area contributed by atoms with E-state index in [1.807, 2.05) is 54.6 Å². The number of tetrazole rings is 1. The largest absolute Gasteiger partial charge is 0.418 e. The van der Waals surface area contributed by atoms with Crippen LogP contribution in [-0.2, 0) is 12.7 Å². The Kier molecular flexibility index (Phi) is 8.63. The summed E-state index contributed by atoms with van der Waals surface area (Å²) in [5, 5.41) is 30.6. The van der Waals surface area contributed by atoms with E-state index in [2.05, 4.69) is 43.1 Å². The number of rotatable bonds is 11. The SMILES string of the molecule is CCCN(Cc1ccccc1)c1cc(NC(O)Nc2ccccc2C(F)(F)F)cc(-c2ccccc2-c2nn[nH]n2)n1. The van der Waals surface area contributed by atoms with Gasteiger partial charge in [-0.3, -0.25) is 0 Å². The number of aliphatic hydroxyl groups excluding tert-OH is 1. The molecule has 0 saturated carbocycles. The van der Waals surface area contributed by atoms with E-state index in [0.717, 1.165) is 18.1 Å². The first-order chi connectivity index (χ1) is 20.3. The third-order valence-electron chi connectivity index (χ3n) is 6.46. The zero-order valence-corrected chi connectivity index (χ0v) is 22.7. The third kappa shape index (κ3) is 6.84. The Balaban J connectivity index is 1.54. The number of anilines is 3. The van der Waals surface area contributed by atoms with Crippen LogP contribution in [0.25, 0.3) is 22.6 Å². The van der Waals surface area contributed by atoms with Gasteiger partial charge >= 0.3 is 6.18 Å². The van der Waals surface area contributed by atoms with Crippen molar-refractivity contribution in [1.82, 2.24) is 25.6 Å². The Morgan fingerprint density at radius 1 is 0.905 bits per heavy atom. The highest BCUT2D eigenvalue weighted by Crippen LogP contribution is 2.36. The molecule has 0 spiro atoms. The van der Waals surface area contributed by atoms with E-state index in [9.17, 15) is 18.3 Å². The average Bonchev–Trinajstić information content (AvgIpc) is 3.52. The number of nitrogens with one attached hydrogen (secondary N) is 3. The first-order valence-electron chi connectivity index (χ1n) is 13.3. The molecule has 5 rings (SSSR count). The summed E-state index contributed by atoms with van der Waals surface area (Å²) in [6.45, 7) is 3.34. The summed E-state index contributed by atoms with van der Waals surface area (Å²) in [5.41, 5.74) is 2.34. The van der Waals surface area contributed by atoms with E-state index >= 15 is 0 Å². The highest BCUT2D eigenvalue weighted by Gasteiger charge is 2.33. The first kappa shape index (κ1) is 28.6. The molecular formula is C30H29F3N8O. The van der Waals surface area contributed by atoms with Crippen LogP contribution in [0, 0.1) is 0 Å². The second-order valence-corrected chi connectivity index (χ2v) is 9.52. The number of alkyl halides is 3. The summed E-state index contributed by atoms with van der Waals surface area (Å²) >= 11 is 0. The minimum atomic E-state index is -4.59. The fourth-order valence-corrected chi connectivity index (χ4v) is 4.62. The third-order valence-corrected chi connectivity index (χ3v) is 6.46. The number of hydrogen-bond acceptors (Lipinski definition) is 8. The molecule has 12 heteroatoms. The predicted molar refractivity (Wildman–Crippen MR) is 155 cm³/mol. The van der Waals surface area contributed by atoms with Gasteiger partial charge in [-0.05, 0) is 35.4 Å². The molecule has 0 saturated heterocycles. The maximum atomic E-state index is 13.5. The van der Waals surface area contributed by atoms with Crippen LogP contribution in [0.15, 0.2) is 91.0 Å². The number of benzene rings is 3. The van der Waals surface area contributed by atoms with Gasteiger partial charge in [0, 0.05) is 41.7 Å². The van der Waals surface area contributed by atoms with Crippen LogP contribution < -0.4 is 15.5 Å². The Hall–Kier alpha value is -4.97. The van der Waals surface area contributed by atoms with Crippen molar-refractivity contribution in [2.24, 2.45) is 0 Å². The minimum absolute atomic E-state index is 0.251. The lowest BCUT2D eigenvalue weighted by Gasteiger charge is -2.26. The molecule has 216 valence electrons. The van der Waals surface area contributed by atoms with Gasteiger partial charge in [-0.25, -0.2) is 4.98 Å². The van der Waals surface area contributed by atoms with Crippen LogP contribution in [0.2, 0.25) is 0 Å². The molecule has 2 aromatic heterocycles. The molecule has 0 fully saturated rings. The maximum Gasteiger partial charge on any atom is 0.418 e. The lowest BCUT2D eigenvalue weighted by Crippen LogP contribution is -2.30. The van der Waals surface area contributed by atoms with Crippen molar-refractivity contribution in [3.8, 4) is 22.6 Å². The summed E-state index contributed by atoms with van der Waals surface area (Å²) < 4.78 is 40.6. The van der Waals surface area contributed by atoms with Crippen molar-refractivity contribution in [1.29, 1.82) is 0 Å². The molecule has 9 nitrogen and oxygen atoms in total. The normalized spacial score (nSPS) is 12.1. The summed E-state index contributed by atoms with van der Waals surface area (Å²) in [6, 6.07) is 25.9.